The van der Waals surface area contributed by atoms with Gasteiger partial charge in [-0.3, -0.25) is 28.8 Å². The van der Waals surface area contributed by atoms with Crippen molar-refractivity contribution in [2.45, 2.75) is 81.9 Å². The van der Waals surface area contributed by atoms with E-state index >= 15 is 0 Å². The van der Waals surface area contributed by atoms with E-state index in [1.807, 2.05) is 6.92 Å². The number of rotatable bonds is 14. The van der Waals surface area contributed by atoms with E-state index < -0.39 is 84.0 Å². The lowest BCUT2D eigenvalue weighted by molar-refractivity contribution is -0.214. The van der Waals surface area contributed by atoms with E-state index in [9.17, 15) is 44.1 Å². The molecular weight excluding hydrogens is 576 g/mol. The number of carbonyl (C=O) groups excluding carboxylic acids is 5. The standard InChI is InChI=1S/C29H42N6O9/c1-4-9(2)22(33-24(40)13(30)8-36)26(42)31-10(3)23(39)32-14(5-6-15(37)38)25(41)34-29-19-12-7-11-16-17(12)21(29)20(16)28(44,18(11)19)27(43)35-29/h9-14,16-22,36,44H,4-8,30H2,1-3H3,(H,31,42)(H,32,39)(H,33,40)(H,34,41)(H,35,43)(H,37,38)/t9-,10-,11?,12?,13-,14-,16?,17?,18?,19?,20?,21?,22-,28?,29?/m1/s1. The number of amides is 5. The van der Waals surface area contributed by atoms with Crippen LogP contribution >= 0.6 is 0 Å². The molecule has 15 heteroatoms. The fourth-order valence-corrected chi connectivity index (χ4v) is 10.2. The number of carboxylic acids is 1. The Morgan fingerprint density at radius 3 is 2.25 bits per heavy atom. The van der Waals surface area contributed by atoms with Crippen molar-refractivity contribution in [3.05, 3.63) is 0 Å². The van der Waals surface area contributed by atoms with Crippen molar-refractivity contribution >= 4 is 35.5 Å². The maximum absolute atomic E-state index is 13.8. The zero-order chi connectivity index (χ0) is 32.0. The molecule has 15 atom stereocenters. The average molecular weight is 619 g/mol. The van der Waals surface area contributed by atoms with Crippen molar-refractivity contribution in [1.29, 1.82) is 0 Å². The van der Waals surface area contributed by atoms with Crippen LogP contribution in [0.3, 0.4) is 0 Å². The summed E-state index contributed by atoms with van der Waals surface area (Å²) >= 11 is 0. The zero-order valence-corrected chi connectivity index (χ0v) is 24.9. The van der Waals surface area contributed by atoms with E-state index in [0.717, 1.165) is 6.42 Å². The molecule has 0 aromatic carbocycles. The van der Waals surface area contributed by atoms with Crippen LogP contribution in [-0.4, -0.2) is 92.9 Å². The largest absolute Gasteiger partial charge is 0.481 e. The van der Waals surface area contributed by atoms with Gasteiger partial charge in [-0.1, -0.05) is 20.3 Å². The Hall–Kier alpha value is -3.30. The molecule has 0 radical (unpaired) electrons. The summed E-state index contributed by atoms with van der Waals surface area (Å²) in [7, 11) is 0. The summed E-state index contributed by atoms with van der Waals surface area (Å²) < 4.78 is 0. The molecule has 2 saturated heterocycles. The van der Waals surface area contributed by atoms with Crippen molar-refractivity contribution in [3.8, 4) is 0 Å². The molecule has 4 bridgehead atoms. The predicted octanol–water partition coefficient (Wildman–Crippen LogP) is -3.25. The molecule has 7 rings (SSSR count). The number of fused-ring (bicyclic) bond motifs is 1. The monoisotopic (exact) mass is 618 g/mol. The molecule has 7 fully saturated rings. The molecule has 0 aromatic rings. The Bertz CT molecular complexity index is 1310. The second-order valence-electron chi connectivity index (χ2n) is 13.8. The van der Waals surface area contributed by atoms with Gasteiger partial charge in [0.15, 0.2) is 0 Å². The topological polar surface area (TPSA) is 249 Å². The number of carboxylic acid groups (broad SMARTS) is 1. The van der Waals surface area contributed by atoms with Gasteiger partial charge in [0, 0.05) is 30.1 Å². The lowest BCUT2D eigenvalue weighted by Crippen LogP contribution is -2.85. The summed E-state index contributed by atoms with van der Waals surface area (Å²) in [6.45, 7) is 4.32. The van der Waals surface area contributed by atoms with Gasteiger partial charge >= 0.3 is 5.97 Å². The van der Waals surface area contributed by atoms with Crippen LogP contribution in [0.25, 0.3) is 0 Å². The molecule has 15 nitrogen and oxygen atoms in total. The number of piperidine rings is 2. The minimum Gasteiger partial charge on any atom is -0.481 e. The summed E-state index contributed by atoms with van der Waals surface area (Å²) in [4.78, 5) is 77.0. The molecule has 10 unspecified atom stereocenters. The number of carbonyl (C=O) groups is 6. The van der Waals surface area contributed by atoms with Crippen LogP contribution in [0.5, 0.6) is 0 Å². The van der Waals surface area contributed by atoms with E-state index in [2.05, 4.69) is 26.6 Å². The van der Waals surface area contributed by atoms with Crippen molar-refractivity contribution in [2.75, 3.05) is 6.61 Å². The Morgan fingerprint density at radius 1 is 0.955 bits per heavy atom. The van der Waals surface area contributed by atoms with Crippen molar-refractivity contribution < 1.29 is 44.1 Å². The predicted molar refractivity (Wildman–Crippen MR) is 149 cm³/mol. The molecular formula is C29H42N6O9. The summed E-state index contributed by atoms with van der Waals surface area (Å²) in [5, 5.41) is 43.6. The number of hydrogen-bond acceptors (Lipinski definition) is 9. The van der Waals surface area contributed by atoms with Crippen molar-refractivity contribution in [2.24, 2.45) is 59.0 Å². The van der Waals surface area contributed by atoms with Crippen LogP contribution in [0.4, 0.5) is 0 Å². The Labute approximate surface area is 253 Å². The molecule has 2 aliphatic heterocycles. The molecule has 5 saturated carbocycles. The summed E-state index contributed by atoms with van der Waals surface area (Å²) in [5.74, 6) is -4.27. The van der Waals surface area contributed by atoms with E-state index in [0.29, 0.717) is 18.3 Å². The van der Waals surface area contributed by atoms with Crippen LogP contribution in [-0.2, 0) is 28.8 Å². The molecule has 5 amide bonds. The van der Waals surface area contributed by atoms with Gasteiger partial charge in [0.1, 0.15) is 35.4 Å². The second kappa shape index (κ2) is 10.4. The lowest BCUT2D eigenvalue weighted by atomic mass is 9.50. The first-order chi connectivity index (χ1) is 20.7. The number of hydrogen-bond donors (Lipinski definition) is 9. The first kappa shape index (κ1) is 30.7. The van der Waals surface area contributed by atoms with Crippen LogP contribution in [0.1, 0.15) is 46.5 Å². The highest BCUT2D eigenvalue weighted by atomic mass is 16.4. The summed E-state index contributed by atoms with van der Waals surface area (Å²) in [6, 6.07) is -4.73. The van der Waals surface area contributed by atoms with Crippen molar-refractivity contribution in [1.82, 2.24) is 26.6 Å². The number of aliphatic hydroxyl groups is 2. The van der Waals surface area contributed by atoms with Gasteiger partial charge in [0.25, 0.3) is 5.91 Å². The maximum Gasteiger partial charge on any atom is 0.303 e. The summed E-state index contributed by atoms with van der Waals surface area (Å²) in [5.41, 5.74) is 3.12. The van der Waals surface area contributed by atoms with Crippen LogP contribution in [0.15, 0.2) is 0 Å². The summed E-state index contributed by atoms with van der Waals surface area (Å²) in [6.07, 6.45) is 0.783. The van der Waals surface area contributed by atoms with Crippen LogP contribution in [0, 0.1) is 53.3 Å². The average Bonchev–Trinajstić information content (AvgIpc) is 3.53. The molecule has 44 heavy (non-hydrogen) atoms. The lowest BCUT2D eigenvalue weighted by Gasteiger charge is -2.63. The first-order valence-corrected chi connectivity index (χ1v) is 15.6. The molecule has 7 aliphatic rings. The fourth-order valence-electron chi connectivity index (χ4n) is 10.2. The van der Waals surface area contributed by atoms with Gasteiger partial charge in [-0.25, -0.2) is 0 Å². The number of aliphatic hydroxyl groups excluding tert-OH is 1. The van der Waals surface area contributed by atoms with Gasteiger partial charge in [-0.15, -0.1) is 0 Å². The highest BCUT2D eigenvalue weighted by molar-refractivity contribution is 5.96. The smallest absolute Gasteiger partial charge is 0.303 e. The fraction of sp³-hybridized carbons (Fsp3) is 0.793. The Morgan fingerprint density at radius 2 is 1.61 bits per heavy atom. The van der Waals surface area contributed by atoms with Gasteiger partial charge in [-0.05, 0) is 49.4 Å². The minimum absolute atomic E-state index is 0.112. The maximum atomic E-state index is 13.8. The second-order valence-corrected chi connectivity index (χ2v) is 13.8. The minimum atomic E-state index is -1.40. The Kier molecular flexibility index (Phi) is 7.24. The Balaban J connectivity index is 1.14. The van der Waals surface area contributed by atoms with E-state index in [-0.39, 0.29) is 47.8 Å². The van der Waals surface area contributed by atoms with E-state index in [4.69, 9.17) is 5.73 Å². The zero-order valence-electron chi connectivity index (χ0n) is 24.9. The molecule has 0 aromatic heterocycles. The first-order valence-electron chi connectivity index (χ1n) is 15.6. The van der Waals surface area contributed by atoms with Crippen LogP contribution in [0.2, 0.25) is 0 Å². The van der Waals surface area contributed by atoms with Gasteiger partial charge < -0.3 is 47.6 Å². The molecule has 0 spiro atoms. The van der Waals surface area contributed by atoms with Gasteiger partial charge in [-0.2, -0.15) is 0 Å². The normalized spacial score (nSPS) is 40.8. The highest BCUT2D eigenvalue weighted by Crippen LogP contribution is 2.88. The molecule has 10 N–H and O–H groups in total. The highest BCUT2D eigenvalue weighted by Gasteiger charge is 2.95. The molecule has 242 valence electrons. The van der Waals surface area contributed by atoms with Gasteiger partial charge in [0.2, 0.25) is 23.6 Å². The third-order valence-electron chi connectivity index (χ3n) is 11.9. The number of aliphatic carboxylic acids is 1. The number of nitrogens with two attached hydrogens (primary N) is 1. The third kappa shape index (κ3) is 3.97. The van der Waals surface area contributed by atoms with E-state index in [1.54, 1.807) is 6.92 Å². The van der Waals surface area contributed by atoms with E-state index in [1.165, 1.54) is 6.92 Å². The third-order valence-corrected chi connectivity index (χ3v) is 11.9. The quantitative estimate of drug-likeness (QED) is 0.0940. The molecule has 2 heterocycles. The SMILES string of the molecule is CC[C@@H](C)[C@@H](NC(=O)[C@H](N)CO)C(=O)N[C@H](C)C(=O)N[C@H](CCC(=O)O)C(=O)NC12NC(=O)C3(O)C4C5CC(C6C5C3C61)C42. The van der Waals surface area contributed by atoms with Crippen LogP contribution < -0.4 is 32.3 Å². The number of nitrogens with one attached hydrogen (secondary N) is 5. The van der Waals surface area contributed by atoms with Gasteiger partial charge in [0.05, 0.1) is 6.61 Å². The van der Waals surface area contributed by atoms with Crippen molar-refractivity contribution in [3.63, 3.8) is 0 Å². The molecule has 5 aliphatic carbocycles.